The molecule has 1 aliphatic rings. The van der Waals surface area contributed by atoms with Gasteiger partial charge in [0.05, 0.1) is 6.10 Å². The summed E-state index contributed by atoms with van der Waals surface area (Å²) >= 11 is 0. The quantitative estimate of drug-likeness (QED) is 0.710. The maximum atomic E-state index is 12.3. The van der Waals surface area contributed by atoms with Crippen molar-refractivity contribution in [2.24, 2.45) is 0 Å². The zero-order chi connectivity index (χ0) is 18.2. The number of benzene rings is 1. The van der Waals surface area contributed by atoms with E-state index in [1.54, 1.807) is 6.92 Å². The summed E-state index contributed by atoms with van der Waals surface area (Å²) in [6.07, 6.45) is 4.66. The zero-order valence-electron chi connectivity index (χ0n) is 15.7. The second kappa shape index (κ2) is 9.78. The number of nitrogens with one attached hydrogen (secondary N) is 2. The van der Waals surface area contributed by atoms with Crippen LogP contribution in [0.25, 0.3) is 0 Å². The molecule has 25 heavy (non-hydrogen) atoms. The van der Waals surface area contributed by atoms with E-state index in [0.717, 1.165) is 24.8 Å². The molecule has 2 rings (SSSR count). The third-order valence-corrected chi connectivity index (χ3v) is 5.12. The van der Waals surface area contributed by atoms with Gasteiger partial charge in [-0.15, -0.1) is 0 Å². The highest BCUT2D eigenvalue weighted by Gasteiger charge is 2.24. The Morgan fingerprint density at radius 1 is 1.28 bits per heavy atom. The van der Waals surface area contributed by atoms with Gasteiger partial charge in [-0.05, 0) is 58.7 Å². The van der Waals surface area contributed by atoms with Crippen LogP contribution in [0.15, 0.2) is 30.3 Å². The molecule has 140 valence electrons. The molecule has 0 bridgehead atoms. The fourth-order valence-corrected chi connectivity index (χ4v) is 3.69. The molecule has 5 heteroatoms. The molecular weight excluding hydrogens is 314 g/mol. The van der Waals surface area contributed by atoms with Crippen molar-refractivity contribution in [3.63, 3.8) is 0 Å². The number of nitrogens with zero attached hydrogens (tertiary/aromatic N) is 1. The van der Waals surface area contributed by atoms with E-state index in [-0.39, 0.29) is 18.0 Å². The summed E-state index contributed by atoms with van der Waals surface area (Å²) < 4.78 is 0. The van der Waals surface area contributed by atoms with Crippen molar-refractivity contribution in [3.05, 3.63) is 35.9 Å². The fraction of sp³-hybridized carbons (Fsp3) is 0.650. The third kappa shape index (κ3) is 6.67. The van der Waals surface area contributed by atoms with E-state index >= 15 is 0 Å². The fourth-order valence-electron chi connectivity index (χ4n) is 3.69. The number of rotatable bonds is 7. The summed E-state index contributed by atoms with van der Waals surface area (Å²) in [5.41, 5.74) is 1.15. The summed E-state index contributed by atoms with van der Waals surface area (Å²) in [7, 11) is 4.21. The summed E-state index contributed by atoms with van der Waals surface area (Å²) in [5.74, 6) is 0.118. The van der Waals surface area contributed by atoms with Gasteiger partial charge in [0.2, 0.25) is 0 Å². The van der Waals surface area contributed by atoms with Crippen molar-refractivity contribution >= 4 is 6.03 Å². The summed E-state index contributed by atoms with van der Waals surface area (Å²) in [6.45, 7) is 2.32. The van der Waals surface area contributed by atoms with Crippen LogP contribution >= 0.6 is 0 Å². The molecule has 1 aromatic carbocycles. The lowest BCUT2D eigenvalue weighted by Crippen LogP contribution is -2.47. The van der Waals surface area contributed by atoms with Gasteiger partial charge in [0.25, 0.3) is 0 Å². The molecule has 4 atom stereocenters. The van der Waals surface area contributed by atoms with E-state index in [0.29, 0.717) is 19.0 Å². The lowest BCUT2D eigenvalue weighted by atomic mass is 9.90. The smallest absolute Gasteiger partial charge is 0.315 e. The number of carbonyl (C=O) groups is 1. The van der Waals surface area contributed by atoms with Gasteiger partial charge in [-0.1, -0.05) is 30.3 Å². The number of amides is 2. The number of aliphatic hydroxyl groups excluding tert-OH is 1. The van der Waals surface area contributed by atoms with Gasteiger partial charge in [0, 0.05) is 24.5 Å². The monoisotopic (exact) mass is 347 g/mol. The number of aliphatic hydroxyl groups is 1. The number of carbonyl (C=O) groups excluding carboxylic acids is 1. The van der Waals surface area contributed by atoms with E-state index in [9.17, 15) is 9.90 Å². The van der Waals surface area contributed by atoms with Crippen LogP contribution in [0.3, 0.4) is 0 Å². The summed E-state index contributed by atoms with van der Waals surface area (Å²) in [4.78, 5) is 14.6. The van der Waals surface area contributed by atoms with Crippen LogP contribution in [0.2, 0.25) is 0 Å². The van der Waals surface area contributed by atoms with Crippen molar-refractivity contribution in [1.29, 1.82) is 0 Å². The predicted molar refractivity (Wildman–Crippen MR) is 102 cm³/mol. The standard InChI is InChI=1S/C20H33N3O2/c1-15(24)12-17(16-8-5-4-6-9-16)14-21-20(25)22-18-10-7-11-19(13-18)23(2)3/h4-6,8-9,15,17-19,24H,7,10-14H2,1-3H3,(H2,21,22,25). The van der Waals surface area contributed by atoms with E-state index < -0.39 is 6.10 Å². The van der Waals surface area contributed by atoms with Gasteiger partial charge in [-0.2, -0.15) is 0 Å². The molecule has 2 amide bonds. The molecule has 1 aromatic rings. The van der Waals surface area contributed by atoms with Crippen molar-refractivity contribution in [1.82, 2.24) is 15.5 Å². The van der Waals surface area contributed by atoms with Crippen LogP contribution in [-0.4, -0.2) is 54.9 Å². The molecule has 0 aliphatic heterocycles. The molecule has 0 saturated heterocycles. The van der Waals surface area contributed by atoms with Crippen LogP contribution in [0.4, 0.5) is 4.79 Å². The molecule has 0 spiro atoms. The largest absolute Gasteiger partial charge is 0.393 e. The minimum Gasteiger partial charge on any atom is -0.393 e. The first-order valence-electron chi connectivity index (χ1n) is 9.39. The molecule has 1 saturated carbocycles. The Balaban J connectivity index is 1.84. The maximum absolute atomic E-state index is 12.3. The lowest BCUT2D eigenvalue weighted by molar-refractivity contribution is 0.172. The van der Waals surface area contributed by atoms with Crippen LogP contribution in [0, 0.1) is 0 Å². The Labute approximate surface area is 151 Å². The summed E-state index contributed by atoms with van der Waals surface area (Å²) in [6, 6.07) is 10.8. The lowest BCUT2D eigenvalue weighted by Gasteiger charge is -2.33. The highest BCUT2D eigenvalue weighted by atomic mass is 16.3. The van der Waals surface area contributed by atoms with Gasteiger partial charge in [-0.3, -0.25) is 0 Å². The minimum absolute atomic E-state index is 0.101. The third-order valence-electron chi connectivity index (χ3n) is 5.12. The van der Waals surface area contributed by atoms with E-state index in [1.165, 1.54) is 6.42 Å². The van der Waals surface area contributed by atoms with Gasteiger partial charge in [-0.25, -0.2) is 4.79 Å². The molecular formula is C20H33N3O2. The number of urea groups is 1. The second-order valence-electron chi connectivity index (χ2n) is 7.53. The van der Waals surface area contributed by atoms with E-state index in [1.807, 2.05) is 18.2 Å². The first kappa shape index (κ1) is 19.7. The van der Waals surface area contributed by atoms with Gasteiger partial charge < -0.3 is 20.6 Å². The van der Waals surface area contributed by atoms with Crippen molar-refractivity contribution in [2.75, 3.05) is 20.6 Å². The molecule has 0 aromatic heterocycles. The summed E-state index contributed by atoms with van der Waals surface area (Å²) in [5, 5.41) is 15.9. The van der Waals surface area contributed by atoms with Crippen LogP contribution in [0.5, 0.6) is 0 Å². The normalized spacial score (nSPS) is 23.1. The predicted octanol–water partition coefficient (Wildman–Crippen LogP) is 2.71. The molecule has 4 unspecified atom stereocenters. The molecule has 5 nitrogen and oxygen atoms in total. The van der Waals surface area contributed by atoms with Crippen LogP contribution in [0.1, 0.15) is 50.5 Å². The first-order valence-corrected chi connectivity index (χ1v) is 9.39. The van der Waals surface area contributed by atoms with Crippen LogP contribution < -0.4 is 10.6 Å². The minimum atomic E-state index is -0.394. The second-order valence-corrected chi connectivity index (χ2v) is 7.53. The van der Waals surface area contributed by atoms with E-state index in [4.69, 9.17) is 0 Å². The maximum Gasteiger partial charge on any atom is 0.315 e. The topological polar surface area (TPSA) is 64.6 Å². The van der Waals surface area contributed by atoms with Gasteiger partial charge in [0.15, 0.2) is 0 Å². The molecule has 1 fully saturated rings. The Bertz CT molecular complexity index is 519. The first-order chi connectivity index (χ1) is 12.0. The van der Waals surface area contributed by atoms with Crippen molar-refractivity contribution < 1.29 is 9.90 Å². The van der Waals surface area contributed by atoms with Gasteiger partial charge in [0.1, 0.15) is 0 Å². The Morgan fingerprint density at radius 2 is 2.00 bits per heavy atom. The van der Waals surface area contributed by atoms with Crippen molar-refractivity contribution in [2.45, 2.75) is 63.1 Å². The Kier molecular flexibility index (Phi) is 7.72. The Hall–Kier alpha value is -1.59. The average Bonchev–Trinajstić information content (AvgIpc) is 2.59. The molecule has 0 radical (unpaired) electrons. The number of hydrogen-bond acceptors (Lipinski definition) is 3. The molecule has 1 aliphatic carbocycles. The molecule has 0 heterocycles. The zero-order valence-corrected chi connectivity index (χ0v) is 15.7. The SMILES string of the molecule is CC(O)CC(CNC(=O)NC1CCCC(N(C)C)C1)c1ccccc1. The van der Waals surface area contributed by atoms with Crippen molar-refractivity contribution in [3.8, 4) is 0 Å². The number of hydrogen-bond donors (Lipinski definition) is 3. The van der Waals surface area contributed by atoms with Crippen LogP contribution in [-0.2, 0) is 0 Å². The molecule has 3 N–H and O–H groups in total. The van der Waals surface area contributed by atoms with E-state index in [2.05, 4.69) is 41.8 Å². The Morgan fingerprint density at radius 3 is 2.64 bits per heavy atom. The average molecular weight is 348 g/mol. The highest BCUT2D eigenvalue weighted by molar-refractivity contribution is 5.74. The van der Waals surface area contributed by atoms with Gasteiger partial charge >= 0.3 is 6.03 Å². The highest BCUT2D eigenvalue weighted by Crippen LogP contribution is 2.22.